The Labute approximate surface area is 228 Å². The van der Waals surface area contributed by atoms with Gasteiger partial charge in [0.15, 0.2) is 0 Å². The number of nitrogens with one attached hydrogen (secondary N) is 1. The molecule has 0 spiro atoms. The minimum absolute atomic E-state index is 0.323. The zero-order chi connectivity index (χ0) is 27.4. The molecule has 0 radical (unpaired) electrons. The largest absolute Gasteiger partial charge is 0.396 e. The summed E-state index contributed by atoms with van der Waals surface area (Å²) in [6.07, 6.45) is 28.1. The number of unbranched alkanes of at least 4 members (excludes halogenated alkanes) is 17. The number of carbonyl (C=O) groups is 2. The highest BCUT2D eigenvalue weighted by Crippen LogP contribution is 2.17. The molecule has 1 aromatic carbocycles. The summed E-state index contributed by atoms with van der Waals surface area (Å²) in [5.74, 6) is -0.667. The summed E-state index contributed by atoms with van der Waals surface area (Å²) in [6.45, 7) is 7.06. The quantitative estimate of drug-likeness (QED) is 0.142. The van der Waals surface area contributed by atoms with Crippen LogP contribution in [-0.4, -0.2) is 23.5 Å². The summed E-state index contributed by atoms with van der Waals surface area (Å²) in [7, 11) is 0. The number of hydrogen-bond acceptors (Lipinski definition) is 3. The van der Waals surface area contributed by atoms with E-state index in [1.165, 1.54) is 115 Å². The Balaban J connectivity index is 0.000000590. The van der Waals surface area contributed by atoms with Gasteiger partial charge in [-0.15, -0.1) is 0 Å². The van der Waals surface area contributed by atoms with Crippen molar-refractivity contribution in [3.8, 4) is 0 Å². The fourth-order valence-electron chi connectivity index (χ4n) is 4.23. The Morgan fingerprint density at radius 1 is 0.568 bits per heavy atom. The van der Waals surface area contributed by atoms with Crippen LogP contribution in [-0.2, 0) is 9.59 Å². The Kier molecular flexibility index (Phi) is 25.7. The van der Waals surface area contributed by atoms with E-state index in [9.17, 15) is 9.59 Å². The first-order chi connectivity index (χ1) is 18.1. The molecule has 1 aliphatic heterocycles. The van der Waals surface area contributed by atoms with Crippen LogP contribution in [0.1, 0.15) is 148 Å². The van der Waals surface area contributed by atoms with Gasteiger partial charge in [-0.2, -0.15) is 0 Å². The van der Waals surface area contributed by atoms with E-state index in [-0.39, 0.29) is 11.8 Å². The van der Waals surface area contributed by atoms with E-state index in [4.69, 9.17) is 5.11 Å². The maximum absolute atomic E-state index is 11.2. The van der Waals surface area contributed by atoms with Gasteiger partial charge >= 0.3 is 0 Å². The van der Waals surface area contributed by atoms with Crippen molar-refractivity contribution in [3.63, 3.8) is 0 Å². The molecule has 0 unspecified atom stereocenters. The molecule has 0 aromatic heterocycles. The van der Waals surface area contributed by atoms with Crippen LogP contribution < -0.4 is 5.32 Å². The minimum Gasteiger partial charge on any atom is -0.396 e. The van der Waals surface area contributed by atoms with Gasteiger partial charge in [-0.1, -0.05) is 167 Å². The van der Waals surface area contributed by atoms with Gasteiger partial charge in [0.1, 0.15) is 0 Å². The third-order valence-corrected chi connectivity index (χ3v) is 6.56. The van der Waals surface area contributed by atoms with Crippen molar-refractivity contribution in [2.24, 2.45) is 0 Å². The molecule has 0 saturated heterocycles. The molecule has 0 fully saturated rings. The van der Waals surface area contributed by atoms with E-state index in [0.29, 0.717) is 12.2 Å². The van der Waals surface area contributed by atoms with Crippen molar-refractivity contribution in [3.05, 3.63) is 42.0 Å². The number of benzene rings is 1. The lowest BCUT2D eigenvalue weighted by Gasteiger charge is -2.03. The number of rotatable bonds is 19. The summed E-state index contributed by atoms with van der Waals surface area (Å²) < 4.78 is 0. The van der Waals surface area contributed by atoms with Gasteiger partial charge < -0.3 is 5.11 Å². The van der Waals surface area contributed by atoms with Gasteiger partial charge in [-0.3, -0.25) is 14.9 Å². The number of aliphatic hydroxyl groups excluding tert-OH is 1. The smallest absolute Gasteiger partial charge is 0.258 e. The number of carbonyl (C=O) groups excluding carboxylic acids is 2. The van der Waals surface area contributed by atoms with Crippen molar-refractivity contribution in [1.82, 2.24) is 5.32 Å². The molecule has 4 nitrogen and oxygen atoms in total. The highest BCUT2D eigenvalue weighted by Gasteiger charge is 2.21. The first-order valence-corrected chi connectivity index (χ1v) is 15.3. The van der Waals surface area contributed by atoms with Crippen molar-refractivity contribution in [2.45, 2.75) is 143 Å². The second kappa shape index (κ2) is 27.1. The molecule has 0 aliphatic carbocycles. The molecule has 0 bridgehead atoms. The standard InChI is InChI=1S/C18H38.C10H7NO2.C5H12O/c1-3-5-7-9-11-13-15-17-18-16-14-12-10-8-6-4-2;12-9-6-8(10(13)11-9)7-4-2-1-3-5-7;1-2-3-4-5-6/h3-18H2,1-2H3;1-6H,(H,11,12,13);6H,2-5H2,1H3. The summed E-state index contributed by atoms with van der Waals surface area (Å²) >= 11 is 0. The van der Waals surface area contributed by atoms with E-state index in [2.05, 4.69) is 26.1 Å². The first kappa shape index (κ1) is 35.1. The predicted molar refractivity (Wildman–Crippen MR) is 159 cm³/mol. The normalized spacial score (nSPS) is 12.3. The van der Waals surface area contributed by atoms with Crippen LogP contribution in [0.15, 0.2) is 36.4 Å². The second-order valence-corrected chi connectivity index (χ2v) is 10.1. The molecule has 1 aromatic rings. The summed E-state index contributed by atoms with van der Waals surface area (Å²) in [6, 6.07) is 9.10. The summed E-state index contributed by atoms with van der Waals surface area (Å²) in [5.41, 5.74) is 1.21. The van der Waals surface area contributed by atoms with Crippen LogP contribution in [0.4, 0.5) is 0 Å². The summed E-state index contributed by atoms with van der Waals surface area (Å²) in [5, 5.41) is 10.4. The topological polar surface area (TPSA) is 66.4 Å². The van der Waals surface area contributed by atoms with Gasteiger partial charge in [0, 0.05) is 12.7 Å². The maximum Gasteiger partial charge on any atom is 0.258 e. The molecular formula is C33H57NO3. The Hall–Kier alpha value is -1.94. The van der Waals surface area contributed by atoms with E-state index < -0.39 is 0 Å². The molecule has 37 heavy (non-hydrogen) atoms. The number of imide groups is 1. The molecule has 1 heterocycles. The van der Waals surface area contributed by atoms with Crippen LogP contribution in [0.25, 0.3) is 5.57 Å². The molecule has 2 amide bonds. The monoisotopic (exact) mass is 515 g/mol. The Morgan fingerprint density at radius 3 is 1.24 bits per heavy atom. The second-order valence-electron chi connectivity index (χ2n) is 10.1. The van der Waals surface area contributed by atoms with Crippen LogP contribution in [0.3, 0.4) is 0 Å². The average Bonchev–Trinajstić information content (AvgIpc) is 3.26. The number of aliphatic hydroxyl groups is 1. The van der Waals surface area contributed by atoms with Crippen molar-refractivity contribution >= 4 is 17.4 Å². The highest BCUT2D eigenvalue weighted by atomic mass is 16.3. The van der Waals surface area contributed by atoms with E-state index in [0.717, 1.165) is 18.4 Å². The zero-order valence-electron chi connectivity index (χ0n) is 24.4. The molecule has 0 saturated carbocycles. The summed E-state index contributed by atoms with van der Waals surface area (Å²) in [4.78, 5) is 22.0. The van der Waals surface area contributed by atoms with Gasteiger partial charge in [0.05, 0.1) is 5.57 Å². The lowest BCUT2D eigenvalue weighted by atomic mass is 10.0. The average molecular weight is 516 g/mol. The molecule has 2 N–H and O–H groups in total. The molecule has 4 heteroatoms. The maximum atomic E-state index is 11.2. The lowest BCUT2D eigenvalue weighted by Crippen LogP contribution is -2.21. The van der Waals surface area contributed by atoms with Gasteiger partial charge in [-0.25, -0.2) is 0 Å². The number of hydrogen-bond donors (Lipinski definition) is 2. The predicted octanol–water partition coefficient (Wildman–Crippen LogP) is 9.16. The van der Waals surface area contributed by atoms with Crippen LogP contribution in [0, 0.1) is 0 Å². The van der Waals surface area contributed by atoms with Crippen LogP contribution in [0.2, 0.25) is 0 Å². The van der Waals surface area contributed by atoms with Crippen molar-refractivity contribution < 1.29 is 14.7 Å². The zero-order valence-corrected chi connectivity index (χ0v) is 24.4. The van der Waals surface area contributed by atoms with Gasteiger partial charge in [0.25, 0.3) is 11.8 Å². The minimum atomic E-state index is -0.344. The van der Waals surface area contributed by atoms with E-state index in [1.807, 2.05) is 18.2 Å². The van der Waals surface area contributed by atoms with Crippen molar-refractivity contribution in [1.29, 1.82) is 0 Å². The highest BCUT2D eigenvalue weighted by molar-refractivity contribution is 6.33. The molecule has 0 atom stereocenters. The van der Waals surface area contributed by atoms with E-state index >= 15 is 0 Å². The van der Waals surface area contributed by atoms with Crippen LogP contribution >= 0.6 is 0 Å². The fraction of sp³-hybridized carbons (Fsp3) is 0.697. The number of amides is 2. The van der Waals surface area contributed by atoms with Crippen molar-refractivity contribution in [2.75, 3.05) is 6.61 Å². The van der Waals surface area contributed by atoms with Gasteiger partial charge in [-0.05, 0) is 12.0 Å². The molecule has 2 rings (SSSR count). The molecule has 212 valence electrons. The van der Waals surface area contributed by atoms with E-state index in [1.54, 1.807) is 12.1 Å². The first-order valence-electron chi connectivity index (χ1n) is 15.3. The SMILES string of the molecule is CCCCCCCCCCCCCCCCCC.CCCCCO.O=C1C=C(c2ccccc2)C(=O)N1. The van der Waals surface area contributed by atoms with Gasteiger partial charge in [0.2, 0.25) is 0 Å². The lowest BCUT2D eigenvalue weighted by molar-refractivity contribution is -0.123. The van der Waals surface area contributed by atoms with Crippen LogP contribution in [0.5, 0.6) is 0 Å². The Morgan fingerprint density at radius 2 is 0.946 bits per heavy atom. The molecule has 1 aliphatic rings. The Bertz CT molecular complexity index is 664. The fourth-order valence-corrected chi connectivity index (χ4v) is 4.23. The molecular weight excluding hydrogens is 458 g/mol. The third-order valence-electron chi connectivity index (χ3n) is 6.56. The third kappa shape index (κ3) is 21.8.